The number of imide groups is 1. The van der Waals surface area contributed by atoms with Crippen molar-refractivity contribution in [2.75, 3.05) is 18.5 Å². The second-order valence-electron chi connectivity index (χ2n) is 6.15. The van der Waals surface area contributed by atoms with Crippen LogP contribution in [-0.4, -0.2) is 47.0 Å². The van der Waals surface area contributed by atoms with Crippen LogP contribution in [0.3, 0.4) is 0 Å². The van der Waals surface area contributed by atoms with Crippen LogP contribution in [0.15, 0.2) is 54.2 Å². The third-order valence-corrected chi connectivity index (χ3v) is 3.96. The second kappa shape index (κ2) is 8.86. The molecule has 154 valence electrons. The molecule has 0 aromatic heterocycles. The number of hydrogen-bond acceptors (Lipinski definition) is 5. The molecule has 30 heavy (non-hydrogen) atoms. The highest BCUT2D eigenvalue weighted by Gasteiger charge is 2.35. The van der Waals surface area contributed by atoms with E-state index in [0.29, 0.717) is 16.2 Å². The Hall–Kier alpha value is -4.21. The van der Waals surface area contributed by atoms with E-state index in [0.717, 1.165) is 0 Å². The number of anilines is 1. The van der Waals surface area contributed by atoms with E-state index in [1.807, 2.05) is 0 Å². The molecule has 2 aromatic rings. The van der Waals surface area contributed by atoms with Gasteiger partial charge in [0.2, 0.25) is 0 Å². The van der Waals surface area contributed by atoms with Crippen LogP contribution in [0, 0.1) is 5.82 Å². The number of benzene rings is 2. The van der Waals surface area contributed by atoms with Crippen LogP contribution in [0.25, 0.3) is 6.08 Å². The van der Waals surface area contributed by atoms with Crippen LogP contribution in [0.1, 0.15) is 5.56 Å². The monoisotopic (exact) mass is 413 g/mol. The summed E-state index contributed by atoms with van der Waals surface area (Å²) in [7, 11) is 0. The number of carboxylic acid groups (broad SMARTS) is 1. The highest BCUT2D eigenvalue weighted by molar-refractivity contribution is 6.15. The minimum Gasteiger partial charge on any atom is -0.483 e. The molecule has 9 nitrogen and oxygen atoms in total. The summed E-state index contributed by atoms with van der Waals surface area (Å²) in [6, 6.07) is 10.9. The molecule has 1 aliphatic rings. The molecule has 3 rings (SSSR count). The normalized spacial score (nSPS) is 14.6. The average Bonchev–Trinajstić information content (AvgIpc) is 2.96. The zero-order valence-corrected chi connectivity index (χ0v) is 15.4. The van der Waals surface area contributed by atoms with Crippen LogP contribution < -0.4 is 15.4 Å². The number of ether oxygens (including phenoxy) is 1. The number of carboxylic acids is 1. The Morgan fingerprint density at radius 3 is 2.53 bits per heavy atom. The van der Waals surface area contributed by atoms with Gasteiger partial charge in [0.1, 0.15) is 23.8 Å². The molecule has 0 unspecified atom stereocenters. The Morgan fingerprint density at radius 1 is 1.13 bits per heavy atom. The maximum atomic E-state index is 12.9. The Balaban J connectivity index is 1.69. The van der Waals surface area contributed by atoms with Crippen molar-refractivity contribution in [1.82, 2.24) is 10.2 Å². The van der Waals surface area contributed by atoms with Gasteiger partial charge in [0.05, 0.1) is 0 Å². The van der Waals surface area contributed by atoms with E-state index in [9.17, 15) is 23.6 Å². The SMILES string of the molecule is O=C(O)CN1C(=O)N/C(=C/c2ccccc2OCC(=O)Nc2ccc(F)cc2)C1=O. The Labute approximate surface area is 169 Å². The summed E-state index contributed by atoms with van der Waals surface area (Å²) in [4.78, 5) is 47.4. The molecule has 0 saturated carbocycles. The quantitative estimate of drug-likeness (QED) is 0.470. The lowest BCUT2D eigenvalue weighted by molar-refractivity contribution is -0.140. The molecule has 4 amide bonds. The van der Waals surface area contributed by atoms with Crippen molar-refractivity contribution >= 4 is 35.6 Å². The average molecular weight is 413 g/mol. The van der Waals surface area contributed by atoms with E-state index < -0.39 is 36.2 Å². The van der Waals surface area contributed by atoms with Crippen molar-refractivity contribution in [3.05, 3.63) is 65.6 Å². The van der Waals surface area contributed by atoms with Gasteiger partial charge in [0, 0.05) is 11.3 Å². The van der Waals surface area contributed by atoms with E-state index in [-0.39, 0.29) is 18.1 Å². The predicted molar refractivity (Wildman–Crippen MR) is 103 cm³/mol. The molecule has 1 heterocycles. The lowest BCUT2D eigenvalue weighted by Crippen LogP contribution is -2.35. The van der Waals surface area contributed by atoms with E-state index in [4.69, 9.17) is 9.84 Å². The summed E-state index contributed by atoms with van der Waals surface area (Å²) >= 11 is 0. The zero-order valence-electron chi connectivity index (χ0n) is 15.4. The van der Waals surface area contributed by atoms with Crippen molar-refractivity contribution in [3.8, 4) is 5.75 Å². The number of nitrogens with one attached hydrogen (secondary N) is 2. The summed E-state index contributed by atoms with van der Waals surface area (Å²) in [6.07, 6.45) is 1.33. The first-order valence-corrected chi connectivity index (χ1v) is 8.67. The first kappa shape index (κ1) is 20.5. The number of hydrogen-bond donors (Lipinski definition) is 3. The third-order valence-electron chi connectivity index (χ3n) is 3.96. The minimum atomic E-state index is -1.32. The fourth-order valence-corrected chi connectivity index (χ4v) is 2.61. The van der Waals surface area contributed by atoms with Gasteiger partial charge in [0.25, 0.3) is 11.8 Å². The fraction of sp³-hybridized carbons (Fsp3) is 0.100. The number of carbonyl (C=O) groups is 4. The van der Waals surface area contributed by atoms with Crippen molar-refractivity contribution < 1.29 is 33.4 Å². The summed E-state index contributed by atoms with van der Waals surface area (Å²) in [6.45, 7) is -1.12. The number of carbonyl (C=O) groups excluding carboxylic acids is 3. The van der Waals surface area contributed by atoms with Crippen LogP contribution in [0.4, 0.5) is 14.9 Å². The van der Waals surface area contributed by atoms with Gasteiger partial charge in [-0.2, -0.15) is 0 Å². The second-order valence-corrected chi connectivity index (χ2v) is 6.15. The molecular formula is C20H16FN3O6. The molecule has 10 heteroatoms. The van der Waals surface area contributed by atoms with Gasteiger partial charge < -0.3 is 20.5 Å². The molecule has 0 aliphatic carbocycles. The molecule has 0 atom stereocenters. The zero-order chi connectivity index (χ0) is 21.7. The molecular weight excluding hydrogens is 397 g/mol. The topological polar surface area (TPSA) is 125 Å². The number of urea groups is 1. The Morgan fingerprint density at radius 2 is 1.83 bits per heavy atom. The smallest absolute Gasteiger partial charge is 0.329 e. The van der Waals surface area contributed by atoms with Gasteiger partial charge in [-0.15, -0.1) is 0 Å². The maximum Gasteiger partial charge on any atom is 0.329 e. The number of nitrogens with zero attached hydrogens (tertiary/aromatic N) is 1. The molecule has 1 saturated heterocycles. The summed E-state index contributed by atoms with van der Waals surface area (Å²) in [5.41, 5.74) is 0.680. The maximum absolute atomic E-state index is 12.9. The molecule has 0 bridgehead atoms. The van der Waals surface area contributed by atoms with Gasteiger partial charge >= 0.3 is 12.0 Å². The number of amides is 4. The first-order chi connectivity index (χ1) is 14.3. The third kappa shape index (κ3) is 4.98. The van der Waals surface area contributed by atoms with Crippen molar-refractivity contribution in [2.24, 2.45) is 0 Å². The largest absolute Gasteiger partial charge is 0.483 e. The lowest BCUT2D eigenvalue weighted by Gasteiger charge is -2.10. The van der Waals surface area contributed by atoms with Gasteiger partial charge in [-0.25, -0.2) is 14.1 Å². The number of halogens is 1. The van der Waals surface area contributed by atoms with E-state index in [1.165, 1.54) is 30.3 Å². The fourth-order valence-electron chi connectivity index (χ4n) is 2.61. The number of para-hydroxylation sites is 1. The van der Waals surface area contributed by atoms with Gasteiger partial charge in [0.15, 0.2) is 6.61 Å². The minimum absolute atomic E-state index is 0.118. The standard InChI is InChI=1S/C20H16FN3O6/c21-13-5-7-14(8-6-13)22-17(25)11-30-16-4-2-1-3-12(16)9-15-19(28)24(10-18(26)27)20(29)23-15/h1-9H,10-11H2,(H,22,25)(H,23,29)(H,26,27)/b15-9+. The number of aliphatic carboxylic acids is 1. The predicted octanol–water partition coefficient (Wildman–Crippen LogP) is 1.82. The molecule has 0 radical (unpaired) electrons. The molecule has 3 N–H and O–H groups in total. The summed E-state index contributed by atoms with van der Waals surface area (Å²) in [5, 5.41) is 13.7. The Kier molecular flexibility index (Phi) is 6.06. The molecule has 1 fully saturated rings. The Bertz CT molecular complexity index is 1040. The first-order valence-electron chi connectivity index (χ1n) is 8.67. The molecule has 0 spiro atoms. The summed E-state index contributed by atoms with van der Waals surface area (Å²) < 4.78 is 18.4. The van der Waals surface area contributed by atoms with E-state index in [1.54, 1.807) is 24.3 Å². The lowest BCUT2D eigenvalue weighted by atomic mass is 10.1. The van der Waals surface area contributed by atoms with Gasteiger partial charge in [-0.1, -0.05) is 18.2 Å². The number of rotatable bonds is 7. The van der Waals surface area contributed by atoms with Crippen molar-refractivity contribution in [3.63, 3.8) is 0 Å². The van der Waals surface area contributed by atoms with Crippen molar-refractivity contribution in [2.45, 2.75) is 0 Å². The molecule has 1 aliphatic heterocycles. The van der Waals surface area contributed by atoms with Gasteiger partial charge in [-0.3, -0.25) is 14.4 Å². The highest BCUT2D eigenvalue weighted by atomic mass is 19.1. The van der Waals surface area contributed by atoms with Crippen LogP contribution in [0.5, 0.6) is 5.75 Å². The van der Waals surface area contributed by atoms with E-state index in [2.05, 4.69) is 10.6 Å². The summed E-state index contributed by atoms with van der Waals surface area (Å²) in [5.74, 6) is -2.76. The van der Waals surface area contributed by atoms with Crippen LogP contribution in [-0.2, 0) is 14.4 Å². The van der Waals surface area contributed by atoms with Crippen LogP contribution >= 0.6 is 0 Å². The van der Waals surface area contributed by atoms with E-state index >= 15 is 0 Å². The van der Waals surface area contributed by atoms with Crippen LogP contribution in [0.2, 0.25) is 0 Å². The van der Waals surface area contributed by atoms with Gasteiger partial charge in [-0.05, 0) is 36.4 Å². The van der Waals surface area contributed by atoms with Crippen molar-refractivity contribution in [1.29, 1.82) is 0 Å². The molecule has 2 aromatic carbocycles. The highest BCUT2D eigenvalue weighted by Crippen LogP contribution is 2.22.